The van der Waals surface area contributed by atoms with Crippen molar-refractivity contribution in [2.75, 3.05) is 11.5 Å². The van der Waals surface area contributed by atoms with Crippen molar-refractivity contribution < 1.29 is 43.0 Å². The standard InChI is InChI=1S/C23H22F2N2O7S2/c1-11(28)26-18(21(31)32)9-36-23(34)19(27-12(2)29)10-35-22(33)16-7-13(3-6-20(16)30)15-5-4-14(24)8-17(15)25/h3-8,18-19,30H,9-10H2,1-2H3,(H,26,28)(H,27,29)(H,31,32)/t18-,19-/m0/s1. The maximum absolute atomic E-state index is 14.2. The highest BCUT2D eigenvalue weighted by Gasteiger charge is 2.26. The van der Waals surface area contributed by atoms with Crippen LogP contribution in [0.1, 0.15) is 24.2 Å². The van der Waals surface area contributed by atoms with Crippen molar-refractivity contribution in [1.82, 2.24) is 10.6 Å². The second kappa shape index (κ2) is 13.0. The molecule has 0 aliphatic heterocycles. The number of halogens is 2. The first-order valence-electron chi connectivity index (χ1n) is 10.3. The van der Waals surface area contributed by atoms with E-state index in [0.717, 1.165) is 19.9 Å². The molecule has 0 aliphatic rings. The van der Waals surface area contributed by atoms with Gasteiger partial charge in [0.15, 0.2) is 0 Å². The summed E-state index contributed by atoms with van der Waals surface area (Å²) in [5, 5.41) is 22.5. The van der Waals surface area contributed by atoms with Crippen LogP contribution in [0.5, 0.6) is 5.75 Å². The van der Waals surface area contributed by atoms with Crippen LogP contribution >= 0.6 is 23.5 Å². The average molecular weight is 541 g/mol. The molecule has 13 heteroatoms. The molecule has 9 nitrogen and oxygen atoms in total. The minimum Gasteiger partial charge on any atom is -0.507 e. The smallest absolute Gasteiger partial charge is 0.327 e. The Labute approximate surface area is 213 Å². The van der Waals surface area contributed by atoms with Crippen LogP contribution in [-0.4, -0.2) is 61.8 Å². The number of benzene rings is 2. The number of amides is 2. The van der Waals surface area contributed by atoms with Gasteiger partial charge in [0.1, 0.15) is 29.5 Å². The second-order valence-electron chi connectivity index (χ2n) is 7.43. The Hall–Kier alpha value is -3.45. The number of phenols is 1. The fourth-order valence-electron chi connectivity index (χ4n) is 2.93. The van der Waals surface area contributed by atoms with Crippen LogP contribution in [0.2, 0.25) is 0 Å². The molecule has 0 spiro atoms. The first kappa shape index (κ1) is 28.8. The van der Waals surface area contributed by atoms with Gasteiger partial charge in [-0.3, -0.25) is 19.2 Å². The van der Waals surface area contributed by atoms with Crippen LogP contribution in [0.3, 0.4) is 0 Å². The minimum absolute atomic E-state index is 0.00491. The third-order valence-electron chi connectivity index (χ3n) is 4.57. The topological polar surface area (TPSA) is 150 Å². The molecule has 0 bridgehead atoms. The van der Waals surface area contributed by atoms with Crippen molar-refractivity contribution >= 4 is 51.5 Å². The largest absolute Gasteiger partial charge is 0.507 e. The van der Waals surface area contributed by atoms with Gasteiger partial charge in [-0.05, 0) is 29.8 Å². The highest BCUT2D eigenvalue weighted by Crippen LogP contribution is 2.31. The molecule has 2 atom stereocenters. The number of hydrogen-bond acceptors (Lipinski definition) is 8. The van der Waals surface area contributed by atoms with Crippen molar-refractivity contribution in [2.24, 2.45) is 0 Å². The van der Waals surface area contributed by atoms with E-state index >= 15 is 0 Å². The number of rotatable bonds is 10. The predicted molar refractivity (Wildman–Crippen MR) is 131 cm³/mol. The summed E-state index contributed by atoms with van der Waals surface area (Å²) in [5.74, 6) is -5.13. The normalized spacial score (nSPS) is 12.3. The Kier molecular flexibility index (Phi) is 10.4. The first-order valence-corrected chi connectivity index (χ1v) is 12.2. The van der Waals surface area contributed by atoms with E-state index in [0.29, 0.717) is 29.6 Å². The van der Waals surface area contributed by atoms with E-state index < -0.39 is 57.5 Å². The van der Waals surface area contributed by atoms with E-state index in [2.05, 4.69) is 10.6 Å². The van der Waals surface area contributed by atoms with Crippen LogP contribution in [0.15, 0.2) is 36.4 Å². The summed E-state index contributed by atoms with van der Waals surface area (Å²) in [7, 11) is 0. The number of carbonyl (C=O) groups excluding carboxylic acids is 4. The zero-order valence-corrected chi connectivity index (χ0v) is 20.7. The molecule has 0 aromatic heterocycles. The van der Waals surface area contributed by atoms with Crippen LogP contribution in [0.4, 0.5) is 8.78 Å². The summed E-state index contributed by atoms with van der Waals surface area (Å²) in [5.41, 5.74) is 0.0155. The maximum atomic E-state index is 14.2. The highest BCUT2D eigenvalue weighted by atomic mass is 32.2. The lowest BCUT2D eigenvalue weighted by Gasteiger charge is -2.17. The molecule has 4 N–H and O–H groups in total. The quantitative estimate of drug-likeness (QED) is 0.357. The molecule has 36 heavy (non-hydrogen) atoms. The summed E-state index contributed by atoms with van der Waals surface area (Å²) in [6, 6.07) is 4.13. The van der Waals surface area contributed by atoms with E-state index in [-0.39, 0.29) is 28.2 Å². The predicted octanol–water partition coefficient (Wildman–Crippen LogP) is 2.56. The molecule has 2 rings (SSSR count). The van der Waals surface area contributed by atoms with Gasteiger partial charge in [0, 0.05) is 37.0 Å². The summed E-state index contributed by atoms with van der Waals surface area (Å²) < 4.78 is 27.4. The fourth-order valence-corrected chi connectivity index (χ4v) is 4.81. The summed E-state index contributed by atoms with van der Waals surface area (Å²) >= 11 is 1.16. The second-order valence-corrected chi connectivity index (χ2v) is 9.45. The Morgan fingerprint density at radius 1 is 0.889 bits per heavy atom. The molecule has 0 unspecified atom stereocenters. The lowest BCUT2D eigenvalue weighted by molar-refractivity contribution is -0.140. The average Bonchev–Trinajstić information content (AvgIpc) is 2.79. The highest BCUT2D eigenvalue weighted by molar-refractivity contribution is 8.15. The van der Waals surface area contributed by atoms with Gasteiger partial charge in [0.05, 0.1) is 5.56 Å². The molecule has 0 heterocycles. The Morgan fingerprint density at radius 3 is 2.08 bits per heavy atom. The first-order chi connectivity index (χ1) is 16.9. The van der Waals surface area contributed by atoms with Gasteiger partial charge >= 0.3 is 5.97 Å². The van der Waals surface area contributed by atoms with Gasteiger partial charge in [-0.25, -0.2) is 13.6 Å². The number of carboxylic acids is 1. The minimum atomic E-state index is -1.35. The molecular weight excluding hydrogens is 518 g/mol. The number of carboxylic acid groups (broad SMARTS) is 1. The third kappa shape index (κ3) is 8.34. The van der Waals surface area contributed by atoms with Crippen molar-refractivity contribution in [1.29, 1.82) is 0 Å². The molecule has 0 saturated carbocycles. The van der Waals surface area contributed by atoms with Crippen molar-refractivity contribution in [3.63, 3.8) is 0 Å². The summed E-state index contributed by atoms with van der Waals surface area (Å²) in [4.78, 5) is 59.3. The molecule has 0 saturated heterocycles. The lowest BCUT2D eigenvalue weighted by atomic mass is 10.0. The number of carbonyl (C=O) groups is 5. The zero-order valence-electron chi connectivity index (χ0n) is 19.0. The van der Waals surface area contributed by atoms with Crippen LogP contribution < -0.4 is 10.6 Å². The van der Waals surface area contributed by atoms with Gasteiger partial charge in [0.2, 0.25) is 22.0 Å². The third-order valence-corrected chi connectivity index (χ3v) is 6.62. The molecule has 192 valence electrons. The van der Waals surface area contributed by atoms with Gasteiger partial charge in [-0.2, -0.15) is 0 Å². The molecule has 0 aliphatic carbocycles. The van der Waals surface area contributed by atoms with Crippen molar-refractivity contribution in [2.45, 2.75) is 25.9 Å². The summed E-state index contributed by atoms with van der Waals surface area (Å²) in [6.45, 7) is 2.28. The van der Waals surface area contributed by atoms with Crippen LogP contribution in [-0.2, 0) is 19.2 Å². The van der Waals surface area contributed by atoms with Crippen molar-refractivity contribution in [3.05, 3.63) is 53.6 Å². The molecule has 2 aromatic rings. The van der Waals surface area contributed by atoms with Gasteiger partial charge < -0.3 is 20.8 Å². The SMILES string of the molecule is CC(=O)N[C@@H](CSC(=O)[C@H](CSC(=O)c1cc(-c2ccc(F)cc2F)ccc1O)NC(C)=O)C(=O)O. The van der Waals surface area contributed by atoms with Gasteiger partial charge in [-0.15, -0.1) is 0 Å². The fraction of sp³-hybridized carbons (Fsp3) is 0.261. The van der Waals surface area contributed by atoms with Crippen molar-refractivity contribution in [3.8, 4) is 16.9 Å². The van der Waals surface area contributed by atoms with Gasteiger partial charge in [-0.1, -0.05) is 29.6 Å². The number of aliphatic carboxylic acids is 1. The maximum Gasteiger partial charge on any atom is 0.327 e. The lowest BCUT2D eigenvalue weighted by Crippen LogP contribution is -2.44. The number of nitrogens with one attached hydrogen (secondary N) is 2. The van der Waals surface area contributed by atoms with E-state index in [1.54, 1.807) is 0 Å². The van der Waals surface area contributed by atoms with E-state index in [9.17, 15) is 37.9 Å². The summed E-state index contributed by atoms with van der Waals surface area (Å²) in [6.07, 6.45) is 0. The van der Waals surface area contributed by atoms with E-state index in [1.807, 2.05) is 0 Å². The number of aromatic hydroxyl groups is 1. The molecule has 0 radical (unpaired) electrons. The Balaban J connectivity index is 2.14. The monoisotopic (exact) mass is 540 g/mol. The van der Waals surface area contributed by atoms with Gasteiger partial charge in [0.25, 0.3) is 0 Å². The van der Waals surface area contributed by atoms with Crippen LogP contribution in [0, 0.1) is 11.6 Å². The molecule has 0 fully saturated rings. The Bertz CT molecular complexity index is 1190. The number of hydrogen-bond donors (Lipinski definition) is 4. The van der Waals surface area contributed by atoms with Crippen LogP contribution in [0.25, 0.3) is 11.1 Å². The van der Waals surface area contributed by atoms with E-state index in [4.69, 9.17) is 5.11 Å². The molecular formula is C23H22F2N2O7S2. The zero-order chi connectivity index (χ0) is 27.0. The number of thioether (sulfide) groups is 2. The number of phenolic OH excluding ortho intramolecular Hbond substituents is 1. The Morgan fingerprint density at radius 2 is 1.50 bits per heavy atom. The molecule has 2 aromatic carbocycles. The molecule has 2 amide bonds. The van der Waals surface area contributed by atoms with E-state index in [1.165, 1.54) is 24.3 Å².